The molecule has 1 fully saturated rings. The van der Waals surface area contributed by atoms with E-state index in [2.05, 4.69) is 24.5 Å². The molecular weight excluding hydrogens is 212 g/mol. The van der Waals surface area contributed by atoms with Crippen molar-refractivity contribution in [3.05, 3.63) is 0 Å². The topological polar surface area (TPSA) is 42.5 Å². The summed E-state index contributed by atoms with van der Waals surface area (Å²) in [6.45, 7) is 6.39. The third kappa shape index (κ3) is 3.59. The summed E-state index contributed by atoms with van der Waals surface area (Å²) in [4.78, 5) is 0. The maximum Gasteiger partial charge on any atom is 0.166 e. The van der Waals surface area contributed by atoms with E-state index in [1.165, 1.54) is 0 Å². The standard InChI is InChI=1S/C10H20N2O2S/c1-8-10(2,4-6-14-8)12-9(15)11-5-7-13-3/h8H,4-7H2,1-3H3,(H2,11,12,15). The lowest BCUT2D eigenvalue weighted by Gasteiger charge is -2.30. The van der Waals surface area contributed by atoms with E-state index < -0.39 is 0 Å². The van der Waals surface area contributed by atoms with Gasteiger partial charge in [0.15, 0.2) is 5.11 Å². The largest absolute Gasteiger partial charge is 0.383 e. The fraction of sp³-hybridized carbons (Fsp3) is 0.900. The van der Waals surface area contributed by atoms with Crippen LogP contribution in [0.2, 0.25) is 0 Å². The molecule has 88 valence electrons. The van der Waals surface area contributed by atoms with Gasteiger partial charge in [-0.2, -0.15) is 0 Å². The Hall–Kier alpha value is -0.390. The number of ether oxygens (including phenoxy) is 2. The predicted molar refractivity (Wildman–Crippen MR) is 64.0 cm³/mol. The lowest BCUT2D eigenvalue weighted by molar-refractivity contribution is 0.0947. The number of thiocarbonyl (C=S) groups is 1. The average molecular weight is 232 g/mol. The summed E-state index contributed by atoms with van der Waals surface area (Å²) in [6.07, 6.45) is 1.18. The minimum absolute atomic E-state index is 0.0445. The van der Waals surface area contributed by atoms with Crippen LogP contribution in [-0.2, 0) is 9.47 Å². The normalized spacial score (nSPS) is 30.2. The Kier molecular flexibility index (Phi) is 4.76. The van der Waals surface area contributed by atoms with E-state index in [0.717, 1.165) is 19.6 Å². The monoisotopic (exact) mass is 232 g/mol. The summed E-state index contributed by atoms with van der Waals surface area (Å²) >= 11 is 5.20. The average Bonchev–Trinajstić information content (AvgIpc) is 2.47. The van der Waals surface area contributed by atoms with E-state index in [-0.39, 0.29) is 11.6 Å². The van der Waals surface area contributed by atoms with Gasteiger partial charge >= 0.3 is 0 Å². The van der Waals surface area contributed by atoms with Crippen molar-refractivity contribution in [2.24, 2.45) is 0 Å². The molecule has 0 aromatic heterocycles. The Morgan fingerprint density at radius 3 is 2.93 bits per heavy atom. The molecule has 0 aliphatic carbocycles. The molecule has 0 aromatic carbocycles. The number of nitrogens with one attached hydrogen (secondary N) is 2. The summed E-state index contributed by atoms with van der Waals surface area (Å²) in [6, 6.07) is 0. The Morgan fingerprint density at radius 2 is 2.40 bits per heavy atom. The smallest absolute Gasteiger partial charge is 0.166 e. The van der Waals surface area contributed by atoms with Gasteiger partial charge in [0.05, 0.1) is 18.2 Å². The summed E-state index contributed by atoms with van der Waals surface area (Å²) in [5.41, 5.74) is -0.0445. The number of rotatable bonds is 4. The summed E-state index contributed by atoms with van der Waals surface area (Å²) in [5.74, 6) is 0. The minimum atomic E-state index is -0.0445. The van der Waals surface area contributed by atoms with Crippen molar-refractivity contribution in [3.8, 4) is 0 Å². The molecule has 1 rings (SSSR count). The van der Waals surface area contributed by atoms with Gasteiger partial charge in [0, 0.05) is 20.3 Å². The van der Waals surface area contributed by atoms with E-state index >= 15 is 0 Å². The highest BCUT2D eigenvalue weighted by atomic mass is 32.1. The van der Waals surface area contributed by atoms with Crippen molar-refractivity contribution in [3.63, 3.8) is 0 Å². The zero-order valence-electron chi connectivity index (χ0n) is 9.63. The van der Waals surface area contributed by atoms with Crippen LogP contribution in [0.5, 0.6) is 0 Å². The maximum absolute atomic E-state index is 5.52. The van der Waals surface area contributed by atoms with Crippen molar-refractivity contribution < 1.29 is 9.47 Å². The highest BCUT2D eigenvalue weighted by molar-refractivity contribution is 7.80. The van der Waals surface area contributed by atoms with Gasteiger partial charge in [-0.05, 0) is 32.5 Å². The molecule has 1 aliphatic rings. The number of hydrogen-bond acceptors (Lipinski definition) is 3. The third-order valence-corrected chi connectivity index (χ3v) is 3.12. The van der Waals surface area contributed by atoms with Crippen LogP contribution in [0.1, 0.15) is 20.3 Å². The number of methoxy groups -OCH3 is 1. The Bertz CT molecular complexity index is 225. The highest BCUT2D eigenvalue weighted by Crippen LogP contribution is 2.24. The van der Waals surface area contributed by atoms with E-state index in [4.69, 9.17) is 21.7 Å². The van der Waals surface area contributed by atoms with Crippen molar-refractivity contribution in [2.45, 2.75) is 31.9 Å². The molecule has 2 N–H and O–H groups in total. The molecule has 1 aliphatic heterocycles. The first-order valence-electron chi connectivity index (χ1n) is 5.25. The second-order valence-electron chi connectivity index (χ2n) is 4.05. The Balaban J connectivity index is 2.30. The summed E-state index contributed by atoms with van der Waals surface area (Å²) in [7, 11) is 1.67. The SMILES string of the molecule is COCCNC(=S)NC1(C)CCOC1C. The van der Waals surface area contributed by atoms with E-state index in [9.17, 15) is 0 Å². The van der Waals surface area contributed by atoms with Crippen LogP contribution in [0.4, 0.5) is 0 Å². The second kappa shape index (κ2) is 5.63. The van der Waals surface area contributed by atoms with Gasteiger partial charge in [0.2, 0.25) is 0 Å². The summed E-state index contributed by atoms with van der Waals surface area (Å²) in [5, 5.41) is 7.07. The zero-order valence-corrected chi connectivity index (χ0v) is 10.4. The molecule has 1 saturated heterocycles. The van der Waals surface area contributed by atoms with E-state index in [1.54, 1.807) is 7.11 Å². The fourth-order valence-corrected chi connectivity index (χ4v) is 1.90. The number of hydrogen-bond donors (Lipinski definition) is 2. The Labute approximate surface area is 96.7 Å². The molecule has 1 heterocycles. The molecular formula is C10H20N2O2S. The van der Waals surface area contributed by atoms with Gasteiger partial charge < -0.3 is 20.1 Å². The second-order valence-corrected chi connectivity index (χ2v) is 4.46. The quantitative estimate of drug-likeness (QED) is 0.551. The van der Waals surface area contributed by atoms with Crippen LogP contribution in [0.3, 0.4) is 0 Å². The molecule has 15 heavy (non-hydrogen) atoms. The predicted octanol–water partition coefficient (Wildman–Crippen LogP) is 0.664. The molecule has 4 nitrogen and oxygen atoms in total. The van der Waals surface area contributed by atoms with Crippen molar-refractivity contribution in [2.75, 3.05) is 26.9 Å². The Morgan fingerprint density at radius 1 is 1.67 bits per heavy atom. The first-order chi connectivity index (χ1) is 7.08. The molecule has 2 atom stereocenters. The van der Waals surface area contributed by atoms with Crippen molar-refractivity contribution in [1.29, 1.82) is 0 Å². The van der Waals surface area contributed by atoms with E-state index in [0.29, 0.717) is 11.7 Å². The van der Waals surface area contributed by atoms with Gasteiger partial charge in [0.1, 0.15) is 0 Å². The minimum Gasteiger partial charge on any atom is -0.383 e. The maximum atomic E-state index is 5.52. The summed E-state index contributed by atoms with van der Waals surface area (Å²) < 4.78 is 10.5. The first-order valence-corrected chi connectivity index (χ1v) is 5.66. The first kappa shape index (κ1) is 12.7. The molecule has 0 bridgehead atoms. The molecule has 0 spiro atoms. The lowest BCUT2D eigenvalue weighted by atomic mass is 9.95. The third-order valence-electron chi connectivity index (χ3n) is 2.88. The van der Waals surface area contributed by atoms with Crippen LogP contribution in [0.25, 0.3) is 0 Å². The van der Waals surface area contributed by atoms with Gasteiger partial charge in [0.25, 0.3) is 0 Å². The van der Waals surface area contributed by atoms with Crippen LogP contribution in [0.15, 0.2) is 0 Å². The van der Waals surface area contributed by atoms with Gasteiger partial charge in [-0.1, -0.05) is 0 Å². The molecule has 2 unspecified atom stereocenters. The molecule has 5 heteroatoms. The molecule has 0 amide bonds. The van der Waals surface area contributed by atoms with Crippen LogP contribution >= 0.6 is 12.2 Å². The van der Waals surface area contributed by atoms with Crippen LogP contribution in [-0.4, -0.2) is 43.6 Å². The lowest BCUT2D eigenvalue weighted by Crippen LogP contribution is -2.54. The van der Waals surface area contributed by atoms with Gasteiger partial charge in [-0.3, -0.25) is 0 Å². The molecule has 0 aromatic rings. The van der Waals surface area contributed by atoms with Gasteiger partial charge in [-0.15, -0.1) is 0 Å². The van der Waals surface area contributed by atoms with Crippen molar-refractivity contribution >= 4 is 17.3 Å². The van der Waals surface area contributed by atoms with Crippen LogP contribution in [0, 0.1) is 0 Å². The fourth-order valence-electron chi connectivity index (χ4n) is 1.57. The van der Waals surface area contributed by atoms with Gasteiger partial charge in [-0.25, -0.2) is 0 Å². The van der Waals surface area contributed by atoms with E-state index in [1.807, 2.05) is 0 Å². The highest BCUT2D eigenvalue weighted by Gasteiger charge is 2.37. The zero-order chi connectivity index (χ0) is 11.3. The molecule has 0 saturated carbocycles. The van der Waals surface area contributed by atoms with Crippen molar-refractivity contribution in [1.82, 2.24) is 10.6 Å². The molecule has 0 radical (unpaired) electrons. The van der Waals surface area contributed by atoms with Crippen LogP contribution < -0.4 is 10.6 Å².